The van der Waals surface area contributed by atoms with Crippen molar-refractivity contribution in [1.29, 1.82) is 0 Å². The molecule has 1 atom stereocenters. The van der Waals surface area contributed by atoms with E-state index >= 15 is 0 Å². The van der Waals surface area contributed by atoms with E-state index in [4.69, 9.17) is 0 Å². The molecule has 2 heterocycles. The number of rotatable bonds is 5. The van der Waals surface area contributed by atoms with E-state index in [0.29, 0.717) is 23.1 Å². The Balaban J connectivity index is 1.46. The molecule has 2 N–H and O–H groups in total. The van der Waals surface area contributed by atoms with Crippen molar-refractivity contribution in [2.75, 3.05) is 13.1 Å². The molecule has 1 aliphatic heterocycles. The van der Waals surface area contributed by atoms with Gasteiger partial charge >= 0.3 is 11.1 Å². The molecular formula is C22H24N4O3. The molecule has 2 aromatic carbocycles. The molecule has 0 spiro atoms. The summed E-state index contributed by atoms with van der Waals surface area (Å²) in [6.07, 6.45) is 0.901. The van der Waals surface area contributed by atoms with Gasteiger partial charge in [-0.1, -0.05) is 30.3 Å². The second kappa shape index (κ2) is 8.05. The van der Waals surface area contributed by atoms with Gasteiger partial charge < -0.3 is 14.9 Å². The predicted molar refractivity (Wildman–Crippen MR) is 112 cm³/mol. The maximum absolute atomic E-state index is 12.7. The largest absolute Gasteiger partial charge is 0.348 e. The number of aromatic nitrogens is 2. The van der Waals surface area contributed by atoms with Gasteiger partial charge in [0, 0.05) is 37.8 Å². The van der Waals surface area contributed by atoms with Gasteiger partial charge in [-0.05, 0) is 37.1 Å². The van der Waals surface area contributed by atoms with Gasteiger partial charge in [-0.3, -0.25) is 19.3 Å². The summed E-state index contributed by atoms with van der Waals surface area (Å²) in [6, 6.07) is 15.4. The number of likely N-dealkylation sites (tertiary alicyclic amines) is 1. The zero-order chi connectivity index (χ0) is 20.4. The second-order valence-electron chi connectivity index (χ2n) is 7.42. The minimum absolute atomic E-state index is 0.0885. The van der Waals surface area contributed by atoms with E-state index in [1.54, 1.807) is 18.2 Å². The molecule has 1 aliphatic rings. The number of H-pyrrole nitrogens is 1. The Labute approximate surface area is 168 Å². The summed E-state index contributed by atoms with van der Waals surface area (Å²) in [7, 11) is 0. The number of nitrogens with zero attached hydrogens (tertiary/aromatic N) is 2. The zero-order valence-corrected chi connectivity index (χ0v) is 16.4. The van der Waals surface area contributed by atoms with Crippen molar-refractivity contribution in [2.45, 2.75) is 32.5 Å². The van der Waals surface area contributed by atoms with Crippen molar-refractivity contribution in [3.05, 3.63) is 80.4 Å². The highest BCUT2D eigenvalue weighted by Gasteiger charge is 2.24. The number of hydrogen-bond acceptors (Lipinski definition) is 4. The molecule has 1 amide bonds. The number of carbonyl (C=O) groups excluding carboxylic acids is 1. The number of aromatic amines is 1. The Morgan fingerprint density at radius 2 is 1.97 bits per heavy atom. The Morgan fingerprint density at radius 3 is 2.72 bits per heavy atom. The van der Waals surface area contributed by atoms with Crippen LogP contribution in [-0.2, 0) is 13.1 Å². The number of carbonyl (C=O) groups is 1. The molecule has 1 saturated heterocycles. The van der Waals surface area contributed by atoms with Crippen molar-refractivity contribution >= 4 is 16.9 Å². The van der Waals surface area contributed by atoms with Crippen molar-refractivity contribution in [3.63, 3.8) is 0 Å². The normalized spacial score (nSPS) is 16.9. The minimum Gasteiger partial charge on any atom is -0.348 e. The molecule has 0 bridgehead atoms. The third-order valence-electron chi connectivity index (χ3n) is 5.41. The number of nitrogens with one attached hydrogen (secondary N) is 2. The van der Waals surface area contributed by atoms with Crippen LogP contribution in [0.15, 0.2) is 58.1 Å². The van der Waals surface area contributed by atoms with E-state index in [1.165, 1.54) is 10.1 Å². The highest BCUT2D eigenvalue weighted by molar-refractivity contribution is 5.97. The lowest BCUT2D eigenvalue weighted by Gasteiger charge is -2.17. The van der Waals surface area contributed by atoms with Gasteiger partial charge in [-0.25, -0.2) is 0 Å². The lowest BCUT2D eigenvalue weighted by molar-refractivity contribution is 0.0937. The van der Waals surface area contributed by atoms with Crippen LogP contribution >= 0.6 is 0 Å². The quantitative estimate of drug-likeness (QED) is 0.647. The summed E-state index contributed by atoms with van der Waals surface area (Å²) < 4.78 is 1.41. The molecule has 1 aromatic heterocycles. The van der Waals surface area contributed by atoms with Crippen LogP contribution in [0.3, 0.4) is 0 Å². The summed E-state index contributed by atoms with van der Waals surface area (Å²) >= 11 is 0. The zero-order valence-electron chi connectivity index (χ0n) is 16.4. The maximum atomic E-state index is 12.7. The lowest BCUT2D eigenvalue weighted by Crippen LogP contribution is -2.37. The maximum Gasteiger partial charge on any atom is 0.316 e. The van der Waals surface area contributed by atoms with Gasteiger partial charge in [0.1, 0.15) is 0 Å². The first-order valence-electron chi connectivity index (χ1n) is 9.89. The van der Waals surface area contributed by atoms with E-state index < -0.39 is 11.1 Å². The highest BCUT2D eigenvalue weighted by Crippen LogP contribution is 2.16. The smallest absolute Gasteiger partial charge is 0.316 e. The Bertz CT molecular complexity index is 1150. The third kappa shape index (κ3) is 4.00. The molecule has 150 valence electrons. The number of amides is 1. The first-order chi connectivity index (χ1) is 14.0. The summed E-state index contributed by atoms with van der Waals surface area (Å²) in [6.45, 7) is 4.82. The van der Waals surface area contributed by atoms with Crippen molar-refractivity contribution in [2.24, 2.45) is 0 Å². The number of benzene rings is 2. The van der Waals surface area contributed by atoms with Crippen molar-refractivity contribution in [3.8, 4) is 0 Å². The summed E-state index contributed by atoms with van der Waals surface area (Å²) in [4.78, 5) is 41.5. The Morgan fingerprint density at radius 1 is 1.17 bits per heavy atom. The summed E-state index contributed by atoms with van der Waals surface area (Å²) in [5, 5.41) is 3.09. The first kappa shape index (κ1) is 19.1. The first-order valence-corrected chi connectivity index (χ1v) is 9.89. The lowest BCUT2D eigenvalue weighted by atomic mass is 10.1. The third-order valence-corrected chi connectivity index (χ3v) is 5.41. The molecule has 29 heavy (non-hydrogen) atoms. The molecule has 3 aromatic rings. The van der Waals surface area contributed by atoms with Gasteiger partial charge in [0.15, 0.2) is 0 Å². The van der Waals surface area contributed by atoms with E-state index in [9.17, 15) is 14.4 Å². The summed E-state index contributed by atoms with van der Waals surface area (Å²) in [5.41, 5.74) is 1.58. The van der Waals surface area contributed by atoms with Crippen LogP contribution in [0.1, 0.15) is 29.3 Å². The highest BCUT2D eigenvalue weighted by atomic mass is 16.2. The molecule has 0 saturated carbocycles. The predicted octanol–water partition coefficient (Wildman–Crippen LogP) is 1.71. The van der Waals surface area contributed by atoms with Gasteiger partial charge in [0.25, 0.3) is 5.91 Å². The van der Waals surface area contributed by atoms with Gasteiger partial charge in [-0.15, -0.1) is 0 Å². The van der Waals surface area contributed by atoms with Crippen LogP contribution in [0.25, 0.3) is 11.0 Å². The van der Waals surface area contributed by atoms with E-state index in [2.05, 4.69) is 27.3 Å². The molecule has 7 nitrogen and oxygen atoms in total. The molecule has 0 unspecified atom stereocenters. The van der Waals surface area contributed by atoms with E-state index in [0.717, 1.165) is 26.1 Å². The molecular weight excluding hydrogens is 368 g/mol. The fourth-order valence-electron chi connectivity index (χ4n) is 3.94. The average Bonchev–Trinajstić information content (AvgIpc) is 3.16. The van der Waals surface area contributed by atoms with Crippen LogP contribution in [0.2, 0.25) is 0 Å². The molecule has 7 heteroatoms. The van der Waals surface area contributed by atoms with Crippen LogP contribution in [0.5, 0.6) is 0 Å². The van der Waals surface area contributed by atoms with Crippen LogP contribution < -0.4 is 16.4 Å². The SMILES string of the molecule is CCn1c(=O)c(=O)[nH]c2cc(C(=O)N[C@H]3CCN(Cc4ccccc4)C3)ccc21. The Kier molecular flexibility index (Phi) is 5.31. The van der Waals surface area contributed by atoms with Crippen LogP contribution in [0, 0.1) is 0 Å². The van der Waals surface area contributed by atoms with Gasteiger partial charge in [0.2, 0.25) is 0 Å². The number of aryl methyl sites for hydroxylation is 1. The number of fused-ring (bicyclic) bond motifs is 1. The summed E-state index contributed by atoms with van der Waals surface area (Å²) in [5.74, 6) is -0.173. The molecule has 0 radical (unpaired) electrons. The van der Waals surface area contributed by atoms with Gasteiger partial charge in [0.05, 0.1) is 11.0 Å². The van der Waals surface area contributed by atoms with Crippen molar-refractivity contribution < 1.29 is 4.79 Å². The molecule has 1 fully saturated rings. The molecule has 0 aliphatic carbocycles. The topological polar surface area (TPSA) is 87.2 Å². The fraction of sp³-hybridized carbons (Fsp3) is 0.318. The standard InChI is InChI=1S/C22H24N4O3/c1-2-26-19-9-8-16(12-18(19)24-21(28)22(26)29)20(27)23-17-10-11-25(14-17)13-15-6-4-3-5-7-15/h3-9,12,17H,2,10-11,13-14H2,1H3,(H,23,27)(H,24,28)/t17-/m0/s1. The second-order valence-corrected chi connectivity index (χ2v) is 7.42. The van der Waals surface area contributed by atoms with Crippen LogP contribution in [0.4, 0.5) is 0 Å². The van der Waals surface area contributed by atoms with Crippen LogP contribution in [-0.4, -0.2) is 39.5 Å². The molecule has 4 rings (SSSR count). The minimum atomic E-state index is -0.677. The van der Waals surface area contributed by atoms with Crippen molar-refractivity contribution in [1.82, 2.24) is 19.8 Å². The van der Waals surface area contributed by atoms with E-state index in [-0.39, 0.29) is 11.9 Å². The average molecular weight is 392 g/mol. The Hall–Kier alpha value is -3.19. The van der Waals surface area contributed by atoms with Gasteiger partial charge in [-0.2, -0.15) is 0 Å². The van der Waals surface area contributed by atoms with E-state index in [1.807, 2.05) is 25.1 Å². The monoisotopic (exact) mass is 392 g/mol. The fourth-order valence-corrected chi connectivity index (χ4v) is 3.94. The number of hydrogen-bond donors (Lipinski definition) is 2.